The first-order chi connectivity index (χ1) is 9.20. The smallest absolute Gasteiger partial charge is 0.123 e. The van der Waals surface area contributed by atoms with Gasteiger partial charge in [0.2, 0.25) is 0 Å². The van der Waals surface area contributed by atoms with E-state index < -0.39 is 0 Å². The van der Waals surface area contributed by atoms with Crippen molar-refractivity contribution < 1.29 is 4.74 Å². The van der Waals surface area contributed by atoms with Gasteiger partial charge in [-0.2, -0.15) is 0 Å². The van der Waals surface area contributed by atoms with Crippen LogP contribution in [0.15, 0.2) is 46.9 Å². The van der Waals surface area contributed by atoms with Crippen LogP contribution < -0.4 is 10.1 Å². The first-order valence-corrected chi connectivity index (χ1v) is 7.25. The summed E-state index contributed by atoms with van der Waals surface area (Å²) in [5.41, 5.74) is 3.74. The van der Waals surface area contributed by atoms with Crippen LogP contribution in [0.5, 0.6) is 5.75 Å². The molecular formula is C16H16BrNO. The quantitative estimate of drug-likeness (QED) is 0.917. The van der Waals surface area contributed by atoms with Gasteiger partial charge in [-0.3, -0.25) is 0 Å². The number of ether oxygens (including phenoxy) is 1. The van der Waals surface area contributed by atoms with Crippen LogP contribution in [0.4, 0.5) is 5.69 Å². The molecule has 0 saturated carbocycles. The molecule has 2 aromatic rings. The van der Waals surface area contributed by atoms with E-state index in [1.807, 2.05) is 12.1 Å². The van der Waals surface area contributed by atoms with Gasteiger partial charge in [-0.25, -0.2) is 0 Å². The van der Waals surface area contributed by atoms with Crippen LogP contribution in [0, 0.1) is 6.92 Å². The van der Waals surface area contributed by atoms with E-state index in [0.717, 1.165) is 28.9 Å². The van der Waals surface area contributed by atoms with E-state index in [-0.39, 0.29) is 6.10 Å². The number of anilines is 1. The highest BCUT2D eigenvalue weighted by atomic mass is 79.9. The summed E-state index contributed by atoms with van der Waals surface area (Å²) in [6, 6.07) is 14.6. The van der Waals surface area contributed by atoms with Gasteiger partial charge < -0.3 is 10.1 Å². The van der Waals surface area contributed by atoms with Gasteiger partial charge in [-0.1, -0.05) is 33.6 Å². The second-order valence-electron chi connectivity index (χ2n) is 4.94. The topological polar surface area (TPSA) is 21.3 Å². The third-order valence-electron chi connectivity index (χ3n) is 3.34. The van der Waals surface area contributed by atoms with Gasteiger partial charge in [-0.15, -0.1) is 0 Å². The number of rotatable bonds is 3. The summed E-state index contributed by atoms with van der Waals surface area (Å²) >= 11 is 3.44. The van der Waals surface area contributed by atoms with Crippen molar-refractivity contribution in [1.29, 1.82) is 0 Å². The molecule has 98 valence electrons. The summed E-state index contributed by atoms with van der Waals surface area (Å²) < 4.78 is 7.03. The molecule has 0 aromatic heterocycles. The molecule has 1 N–H and O–H groups in total. The maximum Gasteiger partial charge on any atom is 0.123 e. The predicted octanol–water partition coefficient (Wildman–Crippen LogP) is 4.17. The van der Waals surface area contributed by atoms with Crippen molar-refractivity contribution in [2.24, 2.45) is 0 Å². The fourth-order valence-electron chi connectivity index (χ4n) is 2.36. The third kappa shape index (κ3) is 2.92. The standard InChI is InChI=1S/C16H16BrNO/c1-11-2-7-16-12(8-11)9-15(19-16)10-18-14-5-3-13(17)4-6-14/h2-8,15,18H,9-10H2,1H3. The summed E-state index contributed by atoms with van der Waals surface area (Å²) in [5.74, 6) is 1.04. The van der Waals surface area contributed by atoms with Gasteiger partial charge in [0.15, 0.2) is 0 Å². The summed E-state index contributed by atoms with van der Waals surface area (Å²) in [7, 11) is 0. The number of hydrogen-bond acceptors (Lipinski definition) is 2. The number of fused-ring (bicyclic) bond motifs is 1. The molecule has 0 radical (unpaired) electrons. The maximum atomic E-state index is 5.94. The van der Waals surface area contributed by atoms with E-state index in [4.69, 9.17) is 4.74 Å². The number of hydrogen-bond donors (Lipinski definition) is 1. The van der Waals surface area contributed by atoms with Crippen molar-refractivity contribution in [3.8, 4) is 5.75 Å². The molecule has 0 fully saturated rings. The Morgan fingerprint density at radius 2 is 2.00 bits per heavy atom. The second-order valence-corrected chi connectivity index (χ2v) is 5.86. The zero-order valence-electron chi connectivity index (χ0n) is 10.8. The molecule has 0 saturated heterocycles. The summed E-state index contributed by atoms with van der Waals surface area (Å²) in [6.07, 6.45) is 1.21. The number of benzene rings is 2. The van der Waals surface area contributed by atoms with Crippen molar-refractivity contribution in [2.45, 2.75) is 19.4 Å². The van der Waals surface area contributed by atoms with Crippen molar-refractivity contribution in [3.05, 3.63) is 58.1 Å². The van der Waals surface area contributed by atoms with Gasteiger partial charge >= 0.3 is 0 Å². The Bertz CT molecular complexity index is 580. The molecule has 0 amide bonds. The van der Waals surface area contributed by atoms with E-state index in [2.05, 4.69) is 58.5 Å². The lowest BCUT2D eigenvalue weighted by Gasteiger charge is -2.12. The Labute approximate surface area is 121 Å². The van der Waals surface area contributed by atoms with E-state index in [9.17, 15) is 0 Å². The van der Waals surface area contributed by atoms with E-state index >= 15 is 0 Å². The number of halogens is 1. The fraction of sp³-hybridized carbons (Fsp3) is 0.250. The highest BCUT2D eigenvalue weighted by Gasteiger charge is 2.22. The third-order valence-corrected chi connectivity index (χ3v) is 3.86. The van der Waals surface area contributed by atoms with Crippen molar-refractivity contribution in [1.82, 2.24) is 0 Å². The van der Waals surface area contributed by atoms with Gasteiger partial charge in [0, 0.05) is 16.6 Å². The molecule has 1 heterocycles. The number of aryl methyl sites for hydroxylation is 1. The molecule has 1 unspecified atom stereocenters. The van der Waals surface area contributed by atoms with Crippen molar-refractivity contribution in [2.75, 3.05) is 11.9 Å². The van der Waals surface area contributed by atoms with Gasteiger partial charge in [0.25, 0.3) is 0 Å². The van der Waals surface area contributed by atoms with Crippen LogP contribution in [0.3, 0.4) is 0 Å². The molecule has 0 bridgehead atoms. The van der Waals surface area contributed by atoms with Crippen LogP contribution in [0.25, 0.3) is 0 Å². The van der Waals surface area contributed by atoms with Crippen molar-refractivity contribution in [3.63, 3.8) is 0 Å². The van der Waals surface area contributed by atoms with Gasteiger partial charge in [-0.05, 0) is 42.8 Å². The molecule has 2 nitrogen and oxygen atoms in total. The Morgan fingerprint density at radius 1 is 1.21 bits per heavy atom. The molecule has 19 heavy (non-hydrogen) atoms. The Kier molecular flexibility index (Phi) is 3.47. The minimum absolute atomic E-state index is 0.223. The van der Waals surface area contributed by atoms with Gasteiger partial charge in [0.1, 0.15) is 11.9 Å². The first kappa shape index (κ1) is 12.5. The molecule has 2 aromatic carbocycles. The van der Waals surface area contributed by atoms with Crippen molar-refractivity contribution >= 4 is 21.6 Å². The molecular weight excluding hydrogens is 302 g/mol. The summed E-state index contributed by atoms with van der Waals surface area (Å²) in [4.78, 5) is 0. The SMILES string of the molecule is Cc1ccc2c(c1)CC(CNc1ccc(Br)cc1)O2. The monoisotopic (exact) mass is 317 g/mol. The minimum Gasteiger partial charge on any atom is -0.488 e. The first-order valence-electron chi connectivity index (χ1n) is 6.46. The minimum atomic E-state index is 0.223. The molecule has 3 rings (SSSR count). The van der Waals surface area contributed by atoms with E-state index in [0.29, 0.717) is 0 Å². The van der Waals surface area contributed by atoms with Crippen LogP contribution in [0.2, 0.25) is 0 Å². The lowest BCUT2D eigenvalue weighted by atomic mass is 10.1. The normalized spacial score (nSPS) is 16.8. The molecule has 3 heteroatoms. The lowest BCUT2D eigenvalue weighted by Crippen LogP contribution is -2.23. The summed E-state index contributed by atoms with van der Waals surface area (Å²) in [6.45, 7) is 2.95. The maximum absolute atomic E-state index is 5.94. The molecule has 1 aliphatic heterocycles. The fourth-order valence-corrected chi connectivity index (χ4v) is 2.63. The molecule has 0 aliphatic carbocycles. The average molecular weight is 318 g/mol. The Hall–Kier alpha value is -1.48. The van der Waals surface area contributed by atoms with E-state index in [1.165, 1.54) is 11.1 Å². The molecule has 1 aliphatic rings. The van der Waals surface area contributed by atoms with E-state index in [1.54, 1.807) is 0 Å². The zero-order valence-corrected chi connectivity index (χ0v) is 12.4. The average Bonchev–Trinajstić information content (AvgIpc) is 2.80. The van der Waals surface area contributed by atoms with Crippen LogP contribution in [-0.4, -0.2) is 12.6 Å². The Morgan fingerprint density at radius 3 is 2.79 bits per heavy atom. The van der Waals surface area contributed by atoms with Gasteiger partial charge in [0.05, 0.1) is 6.54 Å². The Balaban J connectivity index is 1.60. The van der Waals surface area contributed by atoms with Crippen LogP contribution in [-0.2, 0) is 6.42 Å². The predicted molar refractivity (Wildman–Crippen MR) is 81.9 cm³/mol. The lowest BCUT2D eigenvalue weighted by molar-refractivity contribution is 0.246. The van der Waals surface area contributed by atoms with Crippen LogP contribution in [0.1, 0.15) is 11.1 Å². The molecule has 0 spiro atoms. The molecule has 1 atom stereocenters. The highest BCUT2D eigenvalue weighted by Crippen LogP contribution is 2.29. The second kappa shape index (κ2) is 5.25. The number of nitrogens with one attached hydrogen (secondary N) is 1. The largest absolute Gasteiger partial charge is 0.488 e. The zero-order chi connectivity index (χ0) is 13.2. The summed E-state index contributed by atoms with van der Waals surface area (Å²) in [5, 5.41) is 3.42. The highest BCUT2D eigenvalue weighted by molar-refractivity contribution is 9.10. The van der Waals surface area contributed by atoms with Crippen LogP contribution >= 0.6 is 15.9 Å².